The Morgan fingerprint density at radius 3 is 2.70 bits per heavy atom. The molecule has 1 fully saturated rings. The minimum absolute atomic E-state index is 0.120. The van der Waals surface area contributed by atoms with Crippen LogP contribution in [0, 0.1) is 5.92 Å². The summed E-state index contributed by atoms with van der Waals surface area (Å²) in [6, 6.07) is 4.65. The van der Waals surface area contributed by atoms with Crippen LogP contribution in [-0.2, 0) is 9.84 Å². The maximum Gasteiger partial charge on any atom is 0.393 e. The van der Waals surface area contributed by atoms with Crippen molar-refractivity contribution >= 4 is 27.2 Å². The average molecular weight is 423 g/mol. The van der Waals surface area contributed by atoms with Gasteiger partial charge in [-0.3, -0.25) is 4.79 Å². The summed E-state index contributed by atoms with van der Waals surface area (Å²) in [7, 11) is -2.63. The van der Waals surface area contributed by atoms with E-state index in [0.717, 1.165) is 10.9 Å². The van der Waals surface area contributed by atoms with E-state index in [4.69, 9.17) is 16.3 Å². The number of imidazole rings is 1. The zero-order valence-electron chi connectivity index (χ0n) is 13.9. The van der Waals surface area contributed by atoms with Gasteiger partial charge in [0.25, 0.3) is 0 Å². The molecule has 0 saturated heterocycles. The van der Waals surface area contributed by atoms with Crippen molar-refractivity contribution < 1.29 is 31.1 Å². The summed E-state index contributed by atoms with van der Waals surface area (Å²) in [6.45, 7) is 0. The zero-order chi connectivity index (χ0) is 20.0. The van der Waals surface area contributed by atoms with E-state index in [1.807, 2.05) is 0 Å². The monoisotopic (exact) mass is 422 g/mol. The molecule has 1 aliphatic carbocycles. The van der Waals surface area contributed by atoms with Gasteiger partial charge in [0, 0.05) is 6.04 Å². The van der Waals surface area contributed by atoms with Crippen LogP contribution in [-0.4, -0.2) is 42.8 Å². The molecular formula is C16H14ClF3N2O4S. The summed E-state index contributed by atoms with van der Waals surface area (Å²) >= 11 is 5.99. The number of benzene rings is 1. The average Bonchev–Trinajstić information content (AvgIpc) is 3.31. The van der Waals surface area contributed by atoms with Crippen LogP contribution in [0.15, 0.2) is 35.5 Å². The third-order valence-electron chi connectivity index (χ3n) is 4.25. The van der Waals surface area contributed by atoms with Gasteiger partial charge in [0.2, 0.25) is 0 Å². The molecule has 3 rings (SSSR count). The van der Waals surface area contributed by atoms with Crippen LogP contribution < -0.4 is 4.74 Å². The van der Waals surface area contributed by atoms with Gasteiger partial charge in [0.15, 0.2) is 15.6 Å². The van der Waals surface area contributed by atoms with Crippen molar-refractivity contribution in [1.82, 2.24) is 9.55 Å². The molecule has 0 bridgehead atoms. The molecule has 146 valence electrons. The van der Waals surface area contributed by atoms with E-state index in [-0.39, 0.29) is 22.2 Å². The first-order chi connectivity index (χ1) is 12.5. The molecule has 2 atom stereocenters. The van der Waals surface area contributed by atoms with Gasteiger partial charge in [-0.25, -0.2) is 13.4 Å². The number of halogens is 4. The second kappa shape index (κ2) is 6.83. The number of ether oxygens (including phenoxy) is 1. The fraction of sp³-hybridized carbons (Fsp3) is 0.375. The van der Waals surface area contributed by atoms with Crippen LogP contribution in [0.5, 0.6) is 5.75 Å². The quantitative estimate of drug-likeness (QED) is 0.667. The molecule has 1 aliphatic rings. The number of methoxy groups -OCH3 is 1. The number of hydrogen-bond acceptors (Lipinski definition) is 5. The van der Waals surface area contributed by atoms with E-state index in [2.05, 4.69) is 4.98 Å². The molecule has 0 N–H and O–H groups in total. The third kappa shape index (κ3) is 3.96. The SMILES string of the molecule is COc1cccc(S(=O)(=O)CC(=O)c2ncn(C3CC3C(F)(F)F)c2Cl)c1. The fourth-order valence-electron chi connectivity index (χ4n) is 2.72. The molecule has 11 heteroatoms. The largest absolute Gasteiger partial charge is 0.497 e. The van der Waals surface area contributed by atoms with Crippen molar-refractivity contribution in [1.29, 1.82) is 0 Å². The van der Waals surface area contributed by atoms with Gasteiger partial charge in [-0.1, -0.05) is 17.7 Å². The van der Waals surface area contributed by atoms with Crippen LogP contribution in [0.2, 0.25) is 5.15 Å². The summed E-state index contributed by atoms with van der Waals surface area (Å²) < 4.78 is 69.0. The van der Waals surface area contributed by atoms with Gasteiger partial charge >= 0.3 is 6.18 Å². The smallest absolute Gasteiger partial charge is 0.393 e. The Balaban J connectivity index is 1.79. The summed E-state index contributed by atoms with van der Waals surface area (Å²) in [5.41, 5.74) is -0.365. The molecule has 1 aromatic carbocycles. The van der Waals surface area contributed by atoms with Crippen LogP contribution >= 0.6 is 11.6 Å². The standard InChI is InChI=1S/C16H14ClF3N2O4S/c1-26-9-3-2-4-10(5-9)27(24,25)7-13(23)14-15(17)22(8-21-14)12-6-11(12)16(18,19)20/h2-5,8,11-12H,6-7H2,1H3. The number of Topliss-reactive ketones (excluding diaryl/α,β-unsaturated/α-hetero) is 1. The van der Waals surface area contributed by atoms with Crippen molar-refractivity contribution in [3.8, 4) is 5.75 Å². The number of rotatable bonds is 6. The van der Waals surface area contributed by atoms with Crippen LogP contribution in [0.3, 0.4) is 0 Å². The molecule has 1 heterocycles. The number of carbonyl (C=O) groups is 1. The van der Waals surface area contributed by atoms with E-state index in [9.17, 15) is 26.4 Å². The molecule has 1 aromatic heterocycles. The topological polar surface area (TPSA) is 78.3 Å². The van der Waals surface area contributed by atoms with Crippen molar-refractivity contribution in [3.05, 3.63) is 41.4 Å². The first kappa shape index (κ1) is 19.7. The second-order valence-electron chi connectivity index (χ2n) is 6.10. The van der Waals surface area contributed by atoms with Crippen molar-refractivity contribution in [2.24, 2.45) is 5.92 Å². The lowest BCUT2D eigenvalue weighted by molar-refractivity contribution is -0.150. The molecule has 0 amide bonds. The maximum absolute atomic E-state index is 12.7. The number of aromatic nitrogens is 2. The Morgan fingerprint density at radius 1 is 1.41 bits per heavy atom. The Morgan fingerprint density at radius 2 is 2.11 bits per heavy atom. The highest BCUT2D eigenvalue weighted by Crippen LogP contribution is 2.54. The second-order valence-corrected chi connectivity index (χ2v) is 8.45. The number of nitrogens with zero attached hydrogens (tertiary/aromatic N) is 2. The number of alkyl halides is 3. The predicted molar refractivity (Wildman–Crippen MR) is 89.8 cm³/mol. The van der Waals surface area contributed by atoms with Gasteiger partial charge < -0.3 is 9.30 Å². The van der Waals surface area contributed by atoms with Crippen LogP contribution in [0.1, 0.15) is 23.0 Å². The van der Waals surface area contributed by atoms with E-state index in [1.54, 1.807) is 6.07 Å². The molecule has 1 saturated carbocycles. The fourth-order valence-corrected chi connectivity index (χ4v) is 4.28. The molecule has 2 unspecified atom stereocenters. The summed E-state index contributed by atoms with van der Waals surface area (Å²) in [6.07, 6.45) is -3.49. The highest BCUT2D eigenvalue weighted by Gasteiger charge is 2.57. The van der Waals surface area contributed by atoms with Gasteiger partial charge in [-0.15, -0.1) is 0 Å². The highest BCUT2D eigenvalue weighted by molar-refractivity contribution is 7.92. The van der Waals surface area contributed by atoms with Gasteiger partial charge in [-0.05, 0) is 24.6 Å². The minimum atomic E-state index is -4.36. The van der Waals surface area contributed by atoms with E-state index in [0.29, 0.717) is 5.75 Å². The predicted octanol–water partition coefficient (Wildman–Crippen LogP) is 3.33. The van der Waals surface area contributed by atoms with Gasteiger partial charge in [0.1, 0.15) is 22.3 Å². The van der Waals surface area contributed by atoms with E-state index in [1.165, 1.54) is 25.3 Å². The Labute approximate surface area is 157 Å². The van der Waals surface area contributed by atoms with E-state index < -0.39 is 39.5 Å². The molecule has 0 aliphatic heterocycles. The maximum atomic E-state index is 12.7. The van der Waals surface area contributed by atoms with Gasteiger partial charge in [0.05, 0.1) is 24.3 Å². The molecule has 2 aromatic rings. The molecule has 6 nitrogen and oxygen atoms in total. The Hall–Kier alpha value is -2.07. The Kier molecular flexibility index (Phi) is 4.98. The Bertz CT molecular complexity index is 988. The summed E-state index contributed by atoms with van der Waals surface area (Å²) in [5, 5.41) is -0.294. The minimum Gasteiger partial charge on any atom is -0.497 e. The summed E-state index contributed by atoms with van der Waals surface area (Å²) in [4.78, 5) is 16.0. The first-order valence-corrected chi connectivity index (χ1v) is 9.76. The number of hydrogen-bond donors (Lipinski definition) is 0. The highest BCUT2D eigenvalue weighted by atomic mass is 35.5. The zero-order valence-corrected chi connectivity index (χ0v) is 15.5. The van der Waals surface area contributed by atoms with Gasteiger partial charge in [-0.2, -0.15) is 13.2 Å². The summed E-state index contributed by atoms with van der Waals surface area (Å²) in [5.74, 6) is -3.05. The third-order valence-corrected chi connectivity index (χ3v) is 6.24. The molecule has 0 spiro atoms. The first-order valence-electron chi connectivity index (χ1n) is 7.73. The lowest BCUT2D eigenvalue weighted by Crippen LogP contribution is -2.17. The molecule has 0 radical (unpaired) electrons. The molecular weight excluding hydrogens is 409 g/mol. The number of ketones is 1. The number of carbonyl (C=O) groups excluding carboxylic acids is 1. The normalized spacial score (nSPS) is 19.7. The molecule has 27 heavy (non-hydrogen) atoms. The van der Waals surface area contributed by atoms with Crippen molar-refractivity contribution in [3.63, 3.8) is 0 Å². The van der Waals surface area contributed by atoms with Crippen LogP contribution in [0.4, 0.5) is 13.2 Å². The van der Waals surface area contributed by atoms with Crippen molar-refractivity contribution in [2.45, 2.75) is 23.5 Å². The van der Waals surface area contributed by atoms with Crippen molar-refractivity contribution in [2.75, 3.05) is 12.9 Å². The van der Waals surface area contributed by atoms with Crippen LogP contribution in [0.25, 0.3) is 0 Å². The lowest BCUT2D eigenvalue weighted by atomic mass is 10.3. The lowest BCUT2D eigenvalue weighted by Gasteiger charge is -2.07. The van der Waals surface area contributed by atoms with E-state index >= 15 is 0 Å². The number of sulfone groups is 1.